The SMILES string of the molecule is CNc1nnc(S[C@H](C)C(=O)c2ccc(Br)cc2)s1. The van der Waals surface area contributed by atoms with Gasteiger partial charge < -0.3 is 5.32 Å². The van der Waals surface area contributed by atoms with Crippen LogP contribution < -0.4 is 5.32 Å². The van der Waals surface area contributed by atoms with Crippen molar-refractivity contribution in [2.75, 3.05) is 12.4 Å². The predicted octanol–water partition coefficient (Wildman–Crippen LogP) is 3.71. The summed E-state index contributed by atoms with van der Waals surface area (Å²) in [4.78, 5) is 12.2. The number of hydrogen-bond acceptors (Lipinski definition) is 6. The summed E-state index contributed by atoms with van der Waals surface area (Å²) in [6.45, 7) is 1.88. The van der Waals surface area contributed by atoms with Crippen molar-refractivity contribution in [2.45, 2.75) is 16.5 Å². The second kappa shape index (κ2) is 6.49. The average Bonchev–Trinajstić information content (AvgIpc) is 2.86. The molecule has 0 aliphatic carbocycles. The van der Waals surface area contributed by atoms with Crippen LogP contribution in [-0.2, 0) is 0 Å². The molecule has 100 valence electrons. The molecule has 1 heterocycles. The smallest absolute Gasteiger partial charge is 0.206 e. The summed E-state index contributed by atoms with van der Waals surface area (Å²) in [5.74, 6) is 0.0960. The number of thioether (sulfide) groups is 1. The molecule has 0 bridgehead atoms. The summed E-state index contributed by atoms with van der Waals surface area (Å²) in [5, 5.41) is 11.5. The molecule has 1 atom stereocenters. The van der Waals surface area contributed by atoms with Gasteiger partial charge in [0.1, 0.15) is 0 Å². The molecule has 0 aliphatic heterocycles. The van der Waals surface area contributed by atoms with Gasteiger partial charge in [-0.15, -0.1) is 10.2 Å². The Labute approximate surface area is 128 Å². The fourth-order valence-corrected chi connectivity index (χ4v) is 3.60. The largest absolute Gasteiger partial charge is 0.363 e. The molecule has 0 saturated heterocycles. The maximum Gasteiger partial charge on any atom is 0.206 e. The Bertz CT molecular complexity index is 571. The van der Waals surface area contributed by atoms with E-state index in [1.165, 1.54) is 23.1 Å². The van der Waals surface area contributed by atoms with Crippen molar-refractivity contribution in [2.24, 2.45) is 0 Å². The fraction of sp³-hybridized carbons (Fsp3) is 0.250. The summed E-state index contributed by atoms with van der Waals surface area (Å²) in [6.07, 6.45) is 0. The number of Topliss-reactive ketones (excluding diaryl/α,β-unsaturated/α-hetero) is 1. The molecule has 1 N–H and O–H groups in total. The molecule has 0 aliphatic rings. The third kappa shape index (κ3) is 3.77. The van der Waals surface area contributed by atoms with Crippen molar-refractivity contribution in [1.82, 2.24) is 10.2 Å². The minimum absolute atomic E-state index is 0.0960. The number of carbonyl (C=O) groups excluding carboxylic acids is 1. The van der Waals surface area contributed by atoms with E-state index in [-0.39, 0.29) is 11.0 Å². The minimum atomic E-state index is -0.182. The first-order valence-corrected chi connectivity index (χ1v) is 8.06. The fourth-order valence-electron chi connectivity index (χ4n) is 1.41. The molecule has 1 aromatic heterocycles. The molecule has 2 rings (SSSR count). The average molecular weight is 358 g/mol. The second-order valence-corrected chi connectivity index (χ2v) is 7.24. The number of carbonyl (C=O) groups is 1. The van der Waals surface area contributed by atoms with Crippen molar-refractivity contribution in [3.63, 3.8) is 0 Å². The first-order valence-electron chi connectivity index (χ1n) is 5.58. The number of hydrogen-bond donors (Lipinski definition) is 1. The highest BCUT2D eigenvalue weighted by atomic mass is 79.9. The van der Waals surface area contributed by atoms with E-state index in [4.69, 9.17) is 0 Å². The van der Waals surface area contributed by atoms with Crippen molar-refractivity contribution >= 4 is 49.9 Å². The molecule has 7 heteroatoms. The lowest BCUT2D eigenvalue weighted by atomic mass is 10.1. The van der Waals surface area contributed by atoms with Gasteiger partial charge in [-0.1, -0.05) is 51.2 Å². The van der Waals surface area contributed by atoms with Crippen LogP contribution in [0, 0.1) is 0 Å². The zero-order valence-corrected chi connectivity index (χ0v) is 13.6. The third-order valence-electron chi connectivity index (χ3n) is 2.40. The number of nitrogens with one attached hydrogen (secondary N) is 1. The summed E-state index contributed by atoms with van der Waals surface area (Å²) in [7, 11) is 1.80. The Morgan fingerprint density at radius 3 is 2.63 bits per heavy atom. The van der Waals surface area contributed by atoms with Gasteiger partial charge in [-0.3, -0.25) is 4.79 Å². The number of aromatic nitrogens is 2. The second-order valence-electron chi connectivity index (χ2n) is 3.75. The standard InChI is InChI=1S/C12H12BrN3OS2/c1-7(18-12-16-15-11(14-2)19-12)10(17)8-3-5-9(13)6-4-8/h3-7H,1-2H3,(H,14,15)/t7-/m1/s1. The van der Waals surface area contributed by atoms with Crippen molar-refractivity contribution in [3.05, 3.63) is 34.3 Å². The van der Waals surface area contributed by atoms with Gasteiger partial charge in [-0.25, -0.2) is 0 Å². The molecular weight excluding hydrogens is 346 g/mol. The molecule has 0 saturated carbocycles. The Morgan fingerprint density at radius 1 is 1.37 bits per heavy atom. The van der Waals surface area contributed by atoms with E-state index in [2.05, 4.69) is 31.4 Å². The number of anilines is 1. The molecule has 0 spiro atoms. The normalized spacial score (nSPS) is 12.2. The van der Waals surface area contributed by atoms with Crippen LogP contribution in [-0.4, -0.2) is 28.3 Å². The van der Waals surface area contributed by atoms with Crippen LogP contribution in [0.2, 0.25) is 0 Å². The minimum Gasteiger partial charge on any atom is -0.363 e. The number of halogens is 1. The van der Waals surface area contributed by atoms with Crippen LogP contribution in [0.1, 0.15) is 17.3 Å². The predicted molar refractivity (Wildman–Crippen MR) is 83.2 cm³/mol. The molecule has 1 aromatic carbocycles. The number of benzene rings is 1. The summed E-state index contributed by atoms with van der Waals surface area (Å²) in [5.41, 5.74) is 0.710. The maximum absolute atomic E-state index is 12.2. The van der Waals surface area contributed by atoms with Crippen LogP contribution in [0.25, 0.3) is 0 Å². The van der Waals surface area contributed by atoms with Gasteiger partial charge in [0.05, 0.1) is 5.25 Å². The van der Waals surface area contributed by atoms with E-state index < -0.39 is 0 Å². The highest BCUT2D eigenvalue weighted by Crippen LogP contribution is 2.30. The summed E-state index contributed by atoms with van der Waals surface area (Å²) in [6, 6.07) is 7.38. The Kier molecular flexibility index (Phi) is 4.95. The van der Waals surface area contributed by atoms with E-state index >= 15 is 0 Å². The number of ketones is 1. The Balaban J connectivity index is 2.04. The van der Waals surface area contributed by atoms with Crippen LogP contribution in [0.3, 0.4) is 0 Å². The number of nitrogens with zero attached hydrogens (tertiary/aromatic N) is 2. The van der Waals surface area contributed by atoms with Gasteiger partial charge in [0.2, 0.25) is 5.13 Å². The van der Waals surface area contributed by atoms with Gasteiger partial charge >= 0.3 is 0 Å². The van der Waals surface area contributed by atoms with Crippen LogP contribution in [0.5, 0.6) is 0 Å². The molecular formula is C12H12BrN3OS2. The highest BCUT2D eigenvalue weighted by Gasteiger charge is 2.18. The molecule has 0 unspecified atom stereocenters. The van der Waals surface area contributed by atoms with E-state index in [0.29, 0.717) is 5.56 Å². The molecule has 0 fully saturated rings. The molecule has 2 aromatic rings. The van der Waals surface area contributed by atoms with Gasteiger partial charge in [-0.2, -0.15) is 0 Å². The molecule has 4 nitrogen and oxygen atoms in total. The maximum atomic E-state index is 12.2. The van der Waals surface area contributed by atoms with E-state index in [0.717, 1.165) is 13.9 Å². The lowest BCUT2D eigenvalue weighted by Crippen LogP contribution is -2.13. The summed E-state index contributed by atoms with van der Waals surface area (Å²) < 4.78 is 1.76. The van der Waals surface area contributed by atoms with Crippen LogP contribution >= 0.6 is 39.0 Å². The monoisotopic (exact) mass is 357 g/mol. The summed E-state index contributed by atoms with van der Waals surface area (Å²) >= 11 is 6.23. The van der Waals surface area contributed by atoms with Crippen molar-refractivity contribution in [3.8, 4) is 0 Å². The van der Waals surface area contributed by atoms with Gasteiger partial charge in [0.15, 0.2) is 10.1 Å². The van der Waals surface area contributed by atoms with Gasteiger partial charge in [-0.05, 0) is 19.1 Å². The number of rotatable bonds is 5. The van der Waals surface area contributed by atoms with Crippen LogP contribution in [0.4, 0.5) is 5.13 Å². The van der Waals surface area contributed by atoms with Crippen LogP contribution in [0.15, 0.2) is 33.1 Å². The highest BCUT2D eigenvalue weighted by molar-refractivity contribution is 9.10. The third-order valence-corrected chi connectivity index (χ3v) is 5.05. The zero-order valence-electron chi connectivity index (χ0n) is 10.4. The quantitative estimate of drug-likeness (QED) is 0.652. The first kappa shape index (κ1) is 14.5. The lowest BCUT2D eigenvalue weighted by Gasteiger charge is -2.07. The first-order chi connectivity index (χ1) is 9.10. The Hall–Kier alpha value is -0.920. The van der Waals surface area contributed by atoms with E-state index in [9.17, 15) is 4.79 Å². The topological polar surface area (TPSA) is 54.9 Å². The lowest BCUT2D eigenvalue weighted by molar-refractivity contribution is 0.0994. The van der Waals surface area contributed by atoms with Crippen molar-refractivity contribution in [1.29, 1.82) is 0 Å². The van der Waals surface area contributed by atoms with Gasteiger partial charge in [0.25, 0.3) is 0 Å². The van der Waals surface area contributed by atoms with Crippen molar-refractivity contribution < 1.29 is 4.79 Å². The molecule has 0 amide bonds. The van der Waals surface area contributed by atoms with E-state index in [1.54, 1.807) is 7.05 Å². The molecule has 19 heavy (non-hydrogen) atoms. The zero-order chi connectivity index (χ0) is 13.8. The van der Waals surface area contributed by atoms with E-state index in [1.807, 2.05) is 31.2 Å². The molecule has 0 radical (unpaired) electrons. The van der Waals surface area contributed by atoms with Gasteiger partial charge in [0, 0.05) is 17.1 Å². The Morgan fingerprint density at radius 2 is 2.05 bits per heavy atom.